The van der Waals surface area contributed by atoms with E-state index in [0.29, 0.717) is 27.2 Å². The number of amides is 1. The van der Waals surface area contributed by atoms with E-state index in [-0.39, 0.29) is 23.1 Å². The fraction of sp³-hybridized carbons (Fsp3) is 0.150. The van der Waals surface area contributed by atoms with Crippen molar-refractivity contribution in [2.24, 2.45) is 0 Å². The number of nitrogens with one attached hydrogen (secondary N) is 2. The highest BCUT2D eigenvalue weighted by Crippen LogP contribution is 2.35. The van der Waals surface area contributed by atoms with Gasteiger partial charge in [-0.2, -0.15) is 0 Å². The van der Waals surface area contributed by atoms with Gasteiger partial charge in [-0.1, -0.05) is 12.1 Å². The van der Waals surface area contributed by atoms with E-state index in [4.69, 9.17) is 13.9 Å². The van der Waals surface area contributed by atoms with Crippen molar-refractivity contribution in [3.05, 3.63) is 70.6 Å². The van der Waals surface area contributed by atoms with Crippen molar-refractivity contribution in [3.63, 3.8) is 0 Å². The number of hydrogen-bond donors (Lipinski definition) is 2. The second-order valence-corrected chi connectivity index (χ2v) is 8.68. The lowest BCUT2D eigenvalue weighted by Crippen LogP contribution is -2.23. The molecule has 0 saturated heterocycles. The molecule has 0 fully saturated rings. The van der Waals surface area contributed by atoms with Gasteiger partial charge in [0.15, 0.2) is 17.3 Å². The third-order valence-corrected chi connectivity index (χ3v) is 6.51. The summed E-state index contributed by atoms with van der Waals surface area (Å²) >= 11 is 3.26. The van der Waals surface area contributed by atoms with Crippen molar-refractivity contribution in [3.8, 4) is 11.5 Å². The Morgan fingerprint density at radius 2 is 1.73 bits per heavy atom. The number of benzene rings is 2. The average Bonchev–Trinajstić information content (AvgIpc) is 3.28. The molecule has 8 nitrogen and oxygen atoms in total. The second-order valence-electron chi connectivity index (χ2n) is 6.09. The minimum absolute atomic E-state index is 0.0301. The summed E-state index contributed by atoms with van der Waals surface area (Å²) < 4.78 is 43.8. The maximum absolute atomic E-state index is 12.7. The van der Waals surface area contributed by atoms with Crippen LogP contribution in [0.4, 0.5) is 5.69 Å². The number of methoxy groups -OCH3 is 2. The first-order valence-corrected chi connectivity index (χ1v) is 11.0. The van der Waals surface area contributed by atoms with Gasteiger partial charge in [0.2, 0.25) is 10.0 Å². The Balaban J connectivity index is 1.68. The normalized spacial score (nSPS) is 11.2. The third kappa shape index (κ3) is 5.02. The molecule has 2 aromatic carbocycles. The smallest absolute Gasteiger partial charge is 0.291 e. The summed E-state index contributed by atoms with van der Waals surface area (Å²) in [5.41, 5.74) is 1.27. The van der Waals surface area contributed by atoms with Gasteiger partial charge >= 0.3 is 0 Å². The molecule has 0 bridgehead atoms. The zero-order chi connectivity index (χ0) is 21.7. The Morgan fingerprint density at radius 3 is 2.33 bits per heavy atom. The number of ether oxygens (including phenoxy) is 2. The van der Waals surface area contributed by atoms with Gasteiger partial charge in [-0.15, -0.1) is 0 Å². The van der Waals surface area contributed by atoms with Crippen LogP contribution in [0.25, 0.3) is 0 Å². The van der Waals surface area contributed by atoms with E-state index in [2.05, 4.69) is 26.0 Å². The summed E-state index contributed by atoms with van der Waals surface area (Å²) in [6, 6.07) is 12.9. The van der Waals surface area contributed by atoms with Gasteiger partial charge in [0.25, 0.3) is 5.91 Å². The fourth-order valence-electron chi connectivity index (χ4n) is 2.60. The van der Waals surface area contributed by atoms with Gasteiger partial charge in [0.05, 0.1) is 20.5 Å². The average molecular weight is 495 g/mol. The highest BCUT2D eigenvalue weighted by molar-refractivity contribution is 9.10. The minimum atomic E-state index is -3.82. The molecular weight excluding hydrogens is 476 g/mol. The summed E-state index contributed by atoms with van der Waals surface area (Å²) in [7, 11) is -0.918. The monoisotopic (exact) mass is 494 g/mol. The van der Waals surface area contributed by atoms with Crippen LogP contribution in [-0.4, -0.2) is 28.5 Å². The first-order valence-electron chi connectivity index (χ1n) is 8.69. The molecule has 1 aromatic heterocycles. The molecule has 2 N–H and O–H groups in total. The molecule has 3 rings (SSSR count). The number of hydrogen-bond acceptors (Lipinski definition) is 6. The Hall–Kier alpha value is -2.82. The van der Waals surface area contributed by atoms with Gasteiger partial charge in [0, 0.05) is 22.8 Å². The van der Waals surface area contributed by atoms with Crippen molar-refractivity contribution in [1.82, 2.24) is 4.72 Å². The van der Waals surface area contributed by atoms with E-state index < -0.39 is 10.0 Å². The molecule has 0 saturated carbocycles. The molecule has 0 aliphatic carbocycles. The Bertz CT molecular complexity index is 1130. The van der Waals surface area contributed by atoms with E-state index >= 15 is 0 Å². The molecule has 3 aromatic rings. The van der Waals surface area contributed by atoms with Crippen molar-refractivity contribution < 1.29 is 27.1 Å². The standard InChI is InChI=1S/C20H19BrN2O6S/c1-27-17-10-15(21)19(11-18(17)28-2)30(25,26)22-12-13-5-7-14(8-6-13)23-20(24)16-4-3-9-29-16/h3-11,22H,12H2,1-2H3,(H,23,24). The number of sulfonamides is 1. The van der Waals surface area contributed by atoms with Gasteiger partial charge in [-0.25, -0.2) is 13.1 Å². The summed E-state index contributed by atoms with van der Waals surface area (Å²) in [5, 5.41) is 2.70. The van der Waals surface area contributed by atoms with Crippen molar-refractivity contribution >= 4 is 37.5 Å². The number of carbonyl (C=O) groups is 1. The van der Waals surface area contributed by atoms with E-state index in [9.17, 15) is 13.2 Å². The number of halogens is 1. The first kappa shape index (κ1) is 21.9. The van der Waals surface area contributed by atoms with E-state index in [1.54, 1.807) is 36.4 Å². The lowest BCUT2D eigenvalue weighted by Gasteiger charge is -2.13. The number of carbonyl (C=O) groups excluding carboxylic acids is 1. The Morgan fingerprint density at radius 1 is 1.07 bits per heavy atom. The van der Waals surface area contributed by atoms with Crippen LogP contribution in [0.5, 0.6) is 11.5 Å². The van der Waals surface area contributed by atoms with Crippen LogP contribution in [0.2, 0.25) is 0 Å². The van der Waals surface area contributed by atoms with Crippen LogP contribution in [-0.2, 0) is 16.6 Å². The van der Waals surface area contributed by atoms with Gasteiger partial charge in [0.1, 0.15) is 4.90 Å². The quantitative estimate of drug-likeness (QED) is 0.493. The van der Waals surface area contributed by atoms with Crippen LogP contribution in [0.3, 0.4) is 0 Å². The lowest BCUT2D eigenvalue weighted by molar-refractivity contribution is 0.0996. The maximum Gasteiger partial charge on any atom is 0.291 e. The molecule has 0 aliphatic heterocycles. The summed E-state index contributed by atoms with van der Waals surface area (Å²) in [5.74, 6) is 0.548. The van der Waals surface area contributed by atoms with E-state index in [1.807, 2.05) is 0 Å². The number of rotatable bonds is 8. The van der Waals surface area contributed by atoms with Crippen molar-refractivity contribution in [2.75, 3.05) is 19.5 Å². The van der Waals surface area contributed by atoms with Gasteiger partial charge in [-0.3, -0.25) is 4.79 Å². The molecule has 30 heavy (non-hydrogen) atoms. The fourth-order valence-corrected chi connectivity index (χ4v) is 4.66. The first-order chi connectivity index (χ1) is 14.3. The van der Waals surface area contributed by atoms with Crippen LogP contribution >= 0.6 is 15.9 Å². The highest BCUT2D eigenvalue weighted by atomic mass is 79.9. The molecular formula is C20H19BrN2O6S. The minimum Gasteiger partial charge on any atom is -0.493 e. The SMILES string of the molecule is COc1cc(Br)c(S(=O)(=O)NCc2ccc(NC(=O)c3ccco3)cc2)cc1OC. The highest BCUT2D eigenvalue weighted by Gasteiger charge is 2.21. The van der Waals surface area contributed by atoms with Crippen LogP contribution in [0, 0.1) is 0 Å². The second kappa shape index (κ2) is 9.33. The molecule has 158 valence electrons. The molecule has 1 heterocycles. The van der Waals surface area contributed by atoms with Gasteiger partial charge in [-0.05, 0) is 51.8 Å². The van der Waals surface area contributed by atoms with Crippen molar-refractivity contribution in [1.29, 1.82) is 0 Å². The van der Waals surface area contributed by atoms with Crippen LogP contribution in [0.15, 0.2) is 68.6 Å². The Labute approximate surface area is 182 Å². The molecule has 10 heteroatoms. The summed E-state index contributed by atoms with van der Waals surface area (Å²) in [4.78, 5) is 12.0. The van der Waals surface area contributed by atoms with Crippen LogP contribution in [0.1, 0.15) is 16.1 Å². The maximum atomic E-state index is 12.7. The molecule has 0 spiro atoms. The predicted octanol–water partition coefficient (Wildman–Crippen LogP) is 3.79. The number of furan rings is 1. The summed E-state index contributed by atoms with van der Waals surface area (Å²) in [6.07, 6.45) is 1.42. The molecule has 0 radical (unpaired) electrons. The van der Waals surface area contributed by atoms with Gasteiger partial charge < -0.3 is 19.2 Å². The predicted molar refractivity (Wildman–Crippen MR) is 114 cm³/mol. The van der Waals surface area contributed by atoms with E-state index in [1.165, 1.54) is 32.6 Å². The molecule has 0 atom stereocenters. The lowest BCUT2D eigenvalue weighted by atomic mass is 10.2. The number of anilines is 1. The van der Waals surface area contributed by atoms with E-state index in [0.717, 1.165) is 0 Å². The third-order valence-electron chi connectivity index (χ3n) is 4.15. The summed E-state index contributed by atoms with van der Waals surface area (Å²) in [6.45, 7) is 0.0650. The topological polar surface area (TPSA) is 107 Å². The Kier molecular flexibility index (Phi) is 6.80. The molecule has 0 aliphatic rings. The zero-order valence-electron chi connectivity index (χ0n) is 16.1. The zero-order valence-corrected chi connectivity index (χ0v) is 18.5. The molecule has 1 amide bonds. The van der Waals surface area contributed by atoms with Crippen LogP contribution < -0.4 is 19.5 Å². The van der Waals surface area contributed by atoms with Crippen molar-refractivity contribution in [2.45, 2.75) is 11.4 Å². The molecule has 0 unspecified atom stereocenters. The largest absolute Gasteiger partial charge is 0.493 e.